The highest BCUT2D eigenvalue weighted by molar-refractivity contribution is 7.80. The summed E-state index contributed by atoms with van der Waals surface area (Å²) < 4.78 is 4.53. The van der Waals surface area contributed by atoms with Gasteiger partial charge in [0.05, 0.1) is 7.11 Å². The molecule has 0 bridgehead atoms. The highest BCUT2D eigenvalue weighted by Gasteiger charge is 2.18. The maximum atomic E-state index is 11.6. The predicted molar refractivity (Wildman–Crippen MR) is 74.9 cm³/mol. The Balaban J connectivity index is 2.59. The number of carbonyl (C=O) groups is 2. The van der Waals surface area contributed by atoms with Gasteiger partial charge in [-0.25, -0.2) is 4.79 Å². The second-order valence-corrected chi connectivity index (χ2v) is 4.06. The van der Waals surface area contributed by atoms with Crippen molar-refractivity contribution in [2.24, 2.45) is 0 Å². The Morgan fingerprint density at radius 2 is 2.05 bits per heavy atom. The third-order valence-corrected chi connectivity index (χ3v) is 2.67. The zero-order chi connectivity index (χ0) is 14.3. The Labute approximate surface area is 116 Å². The second-order valence-electron chi connectivity index (χ2n) is 3.69. The summed E-state index contributed by atoms with van der Waals surface area (Å²) in [5, 5.41) is 11.6. The number of carbonyl (C=O) groups excluding carboxylic acids is 2. The van der Waals surface area contributed by atoms with Crippen LogP contribution in [-0.4, -0.2) is 35.9 Å². The number of phenolic OH excluding ortho intramolecular Hbond substituents is 1. The summed E-state index contributed by atoms with van der Waals surface area (Å²) in [6.45, 7) is 0. The predicted octanol–water partition coefficient (Wildman–Crippen LogP) is 0.993. The highest BCUT2D eigenvalue weighted by atomic mass is 32.1. The van der Waals surface area contributed by atoms with Crippen molar-refractivity contribution in [1.29, 1.82) is 0 Å². The summed E-state index contributed by atoms with van der Waals surface area (Å²) in [6.07, 6.45) is 2.87. The third-order valence-electron chi connectivity index (χ3n) is 2.31. The van der Waals surface area contributed by atoms with Crippen molar-refractivity contribution in [3.63, 3.8) is 0 Å². The van der Waals surface area contributed by atoms with Gasteiger partial charge in [-0.1, -0.05) is 12.1 Å². The van der Waals surface area contributed by atoms with Crippen LogP contribution in [0.5, 0.6) is 5.75 Å². The van der Waals surface area contributed by atoms with Crippen LogP contribution in [0.3, 0.4) is 0 Å². The molecule has 6 heteroatoms. The molecule has 0 aliphatic carbocycles. The number of phenols is 1. The number of esters is 1. The van der Waals surface area contributed by atoms with Crippen molar-refractivity contribution < 1.29 is 19.4 Å². The lowest BCUT2D eigenvalue weighted by atomic mass is 10.2. The standard InChI is InChI=1S/C13H15NO4S/c1-18-13(17)11(8-19)14-12(16)7-4-9-2-5-10(15)6-3-9/h2-7,11,15,19H,8H2,1H3,(H,14,16)/b7-4+/t11-/m0/s1. The first kappa shape index (κ1) is 15.1. The largest absolute Gasteiger partial charge is 0.508 e. The van der Waals surface area contributed by atoms with Gasteiger partial charge in [0.15, 0.2) is 0 Å². The van der Waals surface area contributed by atoms with Crippen molar-refractivity contribution >= 4 is 30.6 Å². The van der Waals surface area contributed by atoms with E-state index in [1.165, 1.54) is 25.3 Å². The zero-order valence-corrected chi connectivity index (χ0v) is 11.3. The molecule has 102 valence electrons. The van der Waals surface area contributed by atoms with E-state index >= 15 is 0 Å². The molecule has 1 atom stereocenters. The molecule has 0 saturated heterocycles. The summed E-state index contributed by atoms with van der Waals surface area (Å²) in [5.74, 6) is -0.646. The van der Waals surface area contributed by atoms with Crippen LogP contribution in [-0.2, 0) is 14.3 Å². The summed E-state index contributed by atoms with van der Waals surface area (Å²) in [4.78, 5) is 22.8. The molecule has 1 rings (SSSR count). The lowest BCUT2D eigenvalue weighted by Crippen LogP contribution is -2.42. The van der Waals surface area contributed by atoms with Gasteiger partial charge in [-0.15, -0.1) is 0 Å². The first-order chi connectivity index (χ1) is 9.06. The van der Waals surface area contributed by atoms with Crippen LogP contribution in [0.2, 0.25) is 0 Å². The Morgan fingerprint density at radius 1 is 1.42 bits per heavy atom. The number of aromatic hydroxyl groups is 1. The first-order valence-electron chi connectivity index (χ1n) is 5.53. The number of thiol groups is 1. The second kappa shape index (κ2) is 7.48. The molecule has 1 aromatic rings. The maximum Gasteiger partial charge on any atom is 0.329 e. The molecule has 0 heterocycles. The minimum atomic E-state index is -0.773. The molecule has 0 aliphatic heterocycles. The molecule has 1 amide bonds. The fraction of sp³-hybridized carbons (Fsp3) is 0.231. The monoisotopic (exact) mass is 281 g/mol. The van der Waals surface area contributed by atoms with E-state index in [1.807, 2.05) is 0 Å². The van der Waals surface area contributed by atoms with E-state index in [0.29, 0.717) is 0 Å². The molecular formula is C13H15NO4S. The number of amides is 1. The van der Waals surface area contributed by atoms with E-state index in [0.717, 1.165) is 5.56 Å². The quantitative estimate of drug-likeness (QED) is 0.427. The van der Waals surface area contributed by atoms with Gasteiger partial charge in [0.2, 0.25) is 5.91 Å². The van der Waals surface area contributed by atoms with Crippen LogP contribution < -0.4 is 5.32 Å². The lowest BCUT2D eigenvalue weighted by Gasteiger charge is -2.12. The summed E-state index contributed by atoms with van der Waals surface area (Å²) in [6, 6.07) is 5.58. The minimum Gasteiger partial charge on any atom is -0.508 e. The number of methoxy groups -OCH3 is 1. The molecule has 0 spiro atoms. The van der Waals surface area contributed by atoms with Gasteiger partial charge >= 0.3 is 5.97 Å². The SMILES string of the molecule is COC(=O)[C@H](CS)NC(=O)/C=C/c1ccc(O)cc1. The molecule has 19 heavy (non-hydrogen) atoms. The number of nitrogens with one attached hydrogen (secondary N) is 1. The first-order valence-corrected chi connectivity index (χ1v) is 6.16. The normalized spacial score (nSPS) is 12.1. The van der Waals surface area contributed by atoms with Crippen molar-refractivity contribution in [1.82, 2.24) is 5.32 Å². The van der Waals surface area contributed by atoms with Gasteiger partial charge in [-0.05, 0) is 23.8 Å². The molecule has 0 fully saturated rings. The van der Waals surface area contributed by atoms with Crippen molar-refractivity contribution in [2.45, 2.75) is 6.04 Å². The topological polar surface area (TPSA) is 75.6 Å². The molecule has 1 aromatic carbocycles. The van der Waals surface area contributed by atoms with Crippen LogP contribution >= 0.6 is 12.6 Å². The van der Waals surface area contributed by atoms with E-state index < -0.39 is 17.9 Å². The Kier molecular flexibility index (Phi) is 5.95. The summed E-state index contributed by atoms with van der Waals surface area (Å²) in [7, 11) is 1.25. The smallest absolute Gasteiger partial charge is 0.329 e. The Bertz CT molecular complexity index is 470. The van der Waals surface area contributed by atoms with Gasteiger partial charge in [0.25, 0.3) is 0 Å². The average Bonchev–Trinajstić information content (AvgIpc) is 2.43. The van der Waals surface area contributed by atoms with Gasteiger partial charge in [0, 0.05) is 11.8 Å². The lowest BCUT2D eigenvalue weighted by molar-refractivity contribution is -0.143. The number of benzene rings is 1. The van der Waals surface area contributed by atoms with E-state index in [2.05, 4.69) is 22.7 Å². The van der Waals surface area contributed by atoms with Crippen molar-refractivity contribution in [3.05, 3.63) is 35.9 Å². The van der Waals surface area contributed by atoms with Crippen LogP contribution in [0, 0.1) is 0 Å². The van der Waals surface area contributed by atoms with Gasteiger partial charge in [0.1, 0.15) is 11.8 Å². The number of rotatable bonds is 5. The molecule has 5 nitrogen and oxygen atoms in total. The van der Waals surface area contributed by atoms with Crippen LogP contribution in [0.4, 0.5) is 0 Å². The highest BCUT2D eigenvalue weighted by Crippen LogP contribution is 2.10. The van der Waals surface area contributed by atoms with Crippen LogP contribution in [0.25, 0.3) is 6.08 Å². The molecule has 0 radical (unpaired) electrons. The fourth-order valence-electron chi connectivity index (χ4n) is 1.30. The van der Waals surface area contributed by atoms with E-state index in [1.54, 1.807) is 18.2 Å². The van der Waals surface area contributed by atoms with Gasteiger partial charge in [-0.2, -0.15) is 12.6 Å². The summed E-state index contributed by atoms with van der Waals surface area (Å²) >= 11 is 3.97. The van der Waals surface area contributed by atoms with E-state index in [-0.39, 0.29) is 11.5 Å². The Morgan fingerprint density at radius 3 is 2.58 bits per heavy atom. The average molecular weight is 281 g/mol. The maximum absolute atomic E-state index is 11.6. The molecule has 0 aromatic heterocycles. The third kappa shape index (κ3) is 5.05. The summed E-state index contributed by atoms with van der Waals surface area (Å²) in [5.41, 5.74) is 0.758. The number of ether oxygens (including phenoxy) is 1. The molecule has 0 saturated carbocycles. The molecule has 2 N–H and O–H groups in total. The van der Waals surface area contributed by atoms with Crippen molar-refractivity contribution in [3.8, 4) is 5.75 Å². The van der Waals surface area contributed by atoms with Crippen LogP contribution in [0.1, 0.15) is 5.56 Å². The number of hydrogen-bond acceptors (Lipinski definition) is 5. The molecule has 0 unspecified atom stereocenters. The zero-order valence-electron chi connectivity index (χ0n) is 10.4. The van der Waals surface area contributed by atoms with Gasteiger partial charge < -0.3 is 15.2 Å². The minimum absolute atomic E-state index is 0.155. The van der Waals surface area contributed by atoms with Crippen molar-refractivity contribution in [2.75, 3.05) is 12.9 Å². The van der Waals surface area contributed by atoms with Crippen LogP contribution in [0.15, 0.2) is 30.3 Å². The fourth-order valence-corrected chi connectivity index (χ4v) is 1.54. The van der Waals surface area contributed by atoms with Gasteiger partial charge in [-0.3, -0.25) is 4.79 Å². The number of hydrogen-bond donors (Lipinski definition) is 3. The van der Waals surface area contributed by atoms with E-state index in [9.17, 15) is 9.59 Å². The molecular weight excluding hydrogens is 266 g/mol. The molecule has 0 aliphatic rings. The van der Waals surface area contributed by atoms with E-state index in [4.69, 9.17) is 5.11 Å². The Hall–Kier alpha value is -1.95.